The number of anilines is 1. The smallest absolute Gasteiger partial charge is 0.162 e. The van der Waals surface area contributed by atoms with Crippen LogP contribution in [0, 0.1) is 0 Å². The summed E-state index contributed by atoms with van der Waals surface area (Å²) in [6.07, 6.45) is 2.25. The molecule has 0 amide bonds. The number of benzene rings is 2. The lowest BCUT2D eigenvalue weighted by atomic mass is 9.75. The van der Waals surface area contributed by atoms with Gasteiger partial charge in [-0.25, -0.2) is 0 Å². The molecule has 0 unspecified atom stereocenters. The van der Waals surface area contributed by atoms with Crippen molar-refractivity contribution in [3.8, 4) is 11.5 Å². The Labute approximate surface area is 168 Å². The fourth-order valence-electron chi connectivity index (χ4n) is 3.93. The molecule has 2 aromatic carbocycles. The Balaban J connectivity index is 1.96. The highest BCUT2D eigenvalue weighted by atomic mass is 35.5. The highest BCUT2D eigenvalue weighted by Gasteiger charge is 2.36. The van der Waals surface area contributed by atoms with Crippen molar-refractivity contribution < 1.29 is 14.3 Å². The Hall–Kier alpha value is -2.17. The fourth-order valence-corrected chi connectivity index (χ4v) is 4.23. The van der Waals surface area contributed by atoms with Gasteiger partial charge in [-0.05, 0) is 42.2 Å². The molecule has 0 radical (unpaired) electrons. The van der Waals surface area contributed by atoms with Crippen LogP contribution in [0.4, 0.5) is 5.69 Å². The summed E-state index contributed by atoms with van der Waals surface area (Å²) in [5.74, 6) is 1.21. The average Bonchev–Trinajstić information content (AvgIpc) is 2.67. The normalized spacial score (nSPS) is 18.5. The first kappa shape index (κ1) is 18.2. The summed E-state index contributed by atoms with van der Waals surface area (Å²) < 4.78 is 10.9. The molecule has 27 heavy (non-hydrogen) atoms. The van der Waals surface area contributed by atoms with Crippen LogP contribution < -0.4 is 14.8 Å². The second kappa shape index (κ2) is 7.10. The van der Waals surface area contributed by atoms with Gasteiger partial charge >= 0.3 is 0 Å². The van der Waals surface area contributed by atoms with Gasteiger partial charge in [0.1, 0.15) is 0 Å². The maximum Gasteiger partial charge on any atom is 0.162 e. The van der Waals surface area contributed by atoms with Crippen molar-refractivity contribution in [2.24, 2.45) is 0 Å². The molecule has 1 aliphatic carbocycles. The van der Waals surface area contributed by atoms with E-state index in [0.29, 0.717) is 28.0 Å². The molecule has 0 spiro atoms. The number of fused-ring (bicyclic) bond motifs is 1. The van der Waals surface area contributed by atoms with Gasteiger partial charge in [-0.1, -0.05) is 29.3 Å². The average molecular weight is 404 g/mol. The quantitative estimate of drug-likeness (QED) is 0.726. The Morgan fingerprint density at radius 1 is 1.00 bits per heavy atom. The molecule has 1 atom stereocenters. The van der Waals surface area contributed by atoms with Gasteiger partial charge < -0.3 is 14.8 Å². The van der Waals surface area contributed by atoms with Gasteiger partial charge in [0.05, 0.1) is 24.3 Å². The number of allylic oxidation sites excluding steroid dienone is 2. The largest absolute Gasteiger partial charge is 0.493 e. The van der Waals surface area contributed by atoms with Crippen molar-refractivity contribution in [3.05, 3.63) is 62.8 Å². The number of nitrogens with one attached hydrogen (secondary N) is 1. The number of carbonyl (C=O) groups excluding carboxylic acids is 1. The van der Waals surface area contributed by atoms with E-state index >= 15 is 0 Å². The highest BCUT2D eigenvalue weighted by Crippen LogP contribution is 2.49. The van der Waals surface area contributed by atoms with E-state index in [1.807, 2.05) is 24.3 Å². The van der Waals surface area contributed by atoms with Crippen LogP contribution in [0.25, 0.3) is 0 Å². The zero-order valence-corrected chi connectivity index (χ0v) is 16.6. The van der Waals surface area contributed by atoms with E-state index in [-0.39, 0.29) is 11.7 Å². The molecule has 0 saturated heterocycles. The summed E-state index contributed by atoms with van der Waals surface area (Å²) in [7, 11) is 3.21. The monoisotopic (exact) mass is 403 g/mol. The number of hydrogen-bond donors (Lipinski definition) is 1. The van der Waals surface area contributed by atoms with Crippen molar-refractivity contribution in [1.82, 2.24) is 0 Å². The predicted molar refractivity (Wildman–Crippen MR) is 107 cm³/mol. The zero-order chi connectivity index (χ0) is 19.1. The minimum atomic E-state index is -0.223. The van der Waals surface area contributed by atoms with Crippen LogP contribution in [0.1, 0.15) is 36.3 Å². The number of Topliss-reactive ketones (excluding diaryl/α,β-unsaturated/α-hetero) is 1. The van der Waals surface area contributed by atoms with Crippen LogP contribution in [0.5, 0.6) is 11.5 Å². The lowest BCUT2D eigenvalue weighted by Crippen LogP contribution is -2.27. The standard InChI is InChI=1S/C21H19Cl2NO3/c1-26-18-9-12-16(10-19(18)27-2)24-15-4-3-5-17(25)21(15)20(12)11-6-7-13(22)14(23)8-11/h6-10,20,24H,3-5H2,1-2H3/t20-/m1/s1. The van der Waals surface area contributed by atoms with Gasteiger partial charge in [0, 0.05) is 35.4 Å². The first-order chi connectivity index (χ1) is 13.0. The molecule has 0 aromatic heterocycles. The molecular formula is C21H19Cl2NO3. The molecule has 1 aliphatic heterocycles. The van der Waals surface area contributed by atoms with Crippen molar-refractivity contribution in [2.45, 2.75) is 25.2 Å². The topological polar surface area (TPSA) is 47.6 Å². The number of halogens is 2. The summed E-state index contributed by atoms with van der Waals surface area (Å²) >= 11 is 12.4. The summed E-state index contributed by atoms with van der Waals surface area (Å²) in [6, 6.07) is 9.39. The number of methoxy groups -OCH3 is 2. The predicted octanol–water partition coefficient (Wildman–Crippen LogP) is 5.58. The van der Waals surface area contributed by atoms with Gasteiger partial charge in [0.15, 0.2) is 17.3 Å². The van der Waals surface area contributed by atoms with Crippen molar-refractivity contribution in [1.29, 1.82) is 0 Å². The molecule has 1 N–H and O–H groups in total. The number of hydrogen-bond acceptors (Lipinski definition) is 4. The summed E-state index contributed by atoms with van der Waals surface area (Å²) in [6.45, 7) is 0. The van der Waals surface area contributed by atoms with Crippen LogP contribution in [0.3, 0.4) is 0 Å². The summed E-state index contributed by atoms with van der Waals surface area (Å²) in [4.78, 5) is 12.8. The van der Waals surface area contributed by atoms with E-state index in [4.69, 9.17) is 32.7 Å². The zero-order valence-electron chi connectivity index (χ0n) is 15.1. The Bertz CT molecular complexity index is 968. The number of ketones is 1. The van der Waals surface area contributed by atoms with E-state index in [1.54, 1.807) is 20.3 Å². The van der Waals surface area contributed by atoms with Crippen molar-refractivity contribution in [3.63, 3.8) is 0 Å². The van der Waals surface area contributed by atoms with E-state index in [9.17, 15) is 4.79 Å². The molecule has 2 aliphatic rings. The number of rotatable bonds is 3. The van der Waals surface area contributed by atoms with Gasteiger partial charge in [-0.2, -0.15) is 0 Å². The first-order valence-electron chi connectivity index (χ1n) is 8.77. The molecule has 0 saturated carbocycles. The molecule has 4 nitrogen and oxygen atoms in total. The fraction of sp³-hybridized carbons (Fsp3) is 0.286. The summed E-state index contributed by atoms with van der Waals surface area (Å²) in [5.41, 5.74) is 4.58. The maximum absolute atomic E-state index is 12.8. The third-order valence-electron chi connectivity index (χ3n) is 5.17. The third kappa shape index (κ3) is 3.07. The van der Waals surface area contributed by atoms with E-state index < -0.39 is 0 Å². The SMILES string of the molecule is COc1cc2c(cc1OC)[C@@H](c1ccc(Cl)c(Cl)c1)C1=C(CCCC1=O)N2. The molecular weight excluding hydrogens is 385 g/mol. The van der Waals surface area contributed by atoms with Crippen molar-refractivity contribution >= 4 is 34.7 Å². The summed E-state index contributed by atoms with van der Waals surface area (Å²) in [5, 5.41) is 4.41. The molecule has 0 bridgehead atoms. The van der Waals surface area contributed by atoms with Crippen LogP contribution >= 0.6 is 23.2 Å². The van der Waals surface area contributed by atoms with Crippen LogP contribution in [0.15, 0.2) is 41.6 Å². The second-order valence-electron chi connectivity index (χ2n) is 6.69. The lowest BCUT2D eigenvalue weighted by Gasteiger charge is -2.34. The molecule has 1 heterocycles. The number of carbonyl (C=O) groups is 1. The Morgan fingerprint density at radius 2 is 1.74 bits per heavy atom. The van der Waals surface area contributed by atoms with Gasteiger partial charge in [-0.15, -0.1) is 0 Å². The van der Waals surface area contributed by atoms with Gasteiger partial charge in [0.2, 0.25) is 0 Å². The van der Waals surface area contributed by atoms with Crippen molar-refractivity contribution in [2.75, 3.05) is 19.5 Å². The third-order valence-corrected chi connectivity index (χ3v) is 5.91. The minimum absolute atomic E-state index is 0.167. The van der Waals surface area contributed by atoms with Gasteiger partial charge in [-0.3, -0.25) is 4.79 Å². The molecule has 0 fully saturated rings. The Kier molecular flexibility index (Phi) is 4.79. The number of ether oxygens (including phenoxy) is 2. The first-order valence-corrected chi connectivity index (χ1v) is 9.53. The Morgan fingerprint density at radius 3 is 2.44 bits per heavy atom. The molecule has 6 heteroatoms. The molecule has 4 rings (SSSR count). The minimum Gasteiger partial charge on any atom is -0.493 e. The maximum atomic E-state index is 12.8. The van der Waals surface area contributed by atoms with E-state index in [2.05, 4.69) is 5.32 Å². The van der Waals surface area contributed by atoms with E-state index in [1.165, 1.54) is 0 Å². The molecule has 140 valence electrons. The second-order valence-corrected chi connectivity index (χ2v) is 7.51. The highest BCUT2D eigenvalue weighted by molar-refractivity contribution is 6.42. The molecule has 2 aromatic rings. The van der Waals surface area contributed by atoms with Crippen LogP contribution in [0.2, 0.25) is 10.0 Å². The lowest BCUT2D eigenvalue weighted by molar-refractivity contribution is -0.116. The van der Waals surface area contributed by atoms with Crippen LogP contribution in [-0.4, -0.2) is 20.0 Å². The van der Waals surface area contributed by atoms with E-state index in [0.717, 1.165) is 40.9 Å². The van der Waals surface area contributed by atoms with Gasteiger partial charge in [0.25, 0.3) is 0 Å². The van der Waals surface area contributed by atoms with Crippen LogP contribution in [-0.2, 0) is 4.79 Å².